The summed E-state index contributed by atoms with van der Waals surface area (Å²) in [6.07, 6.45) is 1.31. The van der Waals surface area contributed by atoms with Crippen LogP contribution in [0.3, 0.4) is 0 Å². The van der Waals surface area contributed by atoms with Crippen molar-refractivity contribution in [3.05, 3.63) is 35.9 Å². The van der Waals surface area contributed by atoms with Crippen LogP contribution in [0.4, 0.5) is 0 Å². The third kappa shape index (κ3) is 10.0. The van der Waals surface area contributed by atoms with Crippen molar-refractivity contribution < 1.29 is 5.11 Å². The SMILES string of the molecule is CCNC(=NCCC(O)c1ccccc1)NCCN(C)C(C)CC.I. The Kier molecular flexibility index (Phi) is 13.8. The van der Waals surface area contributed by atoms with E-state index >= 15 is 0 Å². The fraction of sp³-hybridized carbons (Fsp3) is 0.632. The molecule has 6 heteroatoms. The zero-order valence-corrected chi connectivity index (χ0v) is 18.4. The van der Waals surface area contributed by atoms with Crippen LogP contribution in [-0.4, -0.2) is 55.2 Å². The number of hydrogen-bond donors (Lipinski definition) is 3. The van der Waals surface area contributed by atoms with Gasteiger partial charge in [-0.05, 0) is 39.3 Å². The van der Waals surface area contributed by atoms with Crippen LogP contribution in [0.2, 0.25) is 0 Å². The van der Waals surface area contributed by atoms with Crippen molar-refractivity contribution in [1.29, 1.82) is 0 Å². The summed E-state index contributed by atoms with van der Waals surface area (Å²) in [5.41, 5.74) is 0.945. The first kappa shape index (κ1) is 24.1. The normalized spacial score (nSPS) is 13.9. The third-order valence-corrected chi connectivity index (χ3v) is 4.30. The first-order valence-corrected chi connectivity index (χ1v) is 9.03. The van der Waals surface area contributed by atoms with Gasteiger partial charge in [0.05, 0.1) is 6.10 Å². The lowest BCUT2D eigenvalue weighted by Crippen LogP contribution is -2.42. The molecule has 0 aliphatic heterocycles. The lowest BCUT2D eigenvalue weighted by atomic mass is 10.1. The van der Waals surface area contributed by atoms with Gasteiger partial charge in [0.15, 0.2) is 5.96 Å². The molecule has 5 nitrogen and oxygen atoms in total. The highest BCUT2D eigenvalue weighted by Crippen LogP contribution is 2.15. The first-order valence-electron chi connectivity index (χ1n) is 9.03. The first-order chi connectivity index (χ1) is 11.6. The van der Waals surface area contributed by atoms with E-state index in [-0.39, 0.29) is 24.0 Å². The highest BCUT2D eigenvalue weighted by Gasteiger charge is 2.08. The lowest BCUT2D eigenvalue weighted by Gasteiger charge is -2.24. The van der Waals surface area contributed by atoms with Crippen LogP contribution in [0.1, 0.15) is 45.3 Å². The van der Waals surface area contributed by atoms with Crippen molar-refractivity contribution in [3.63, 3.8) is 0 Å². The van der Waals surface area contributed by atoms with Crippen molar-refractivity contribution in [2.45, 2.75) is 45.8 Å². The van der Waals surface area contributed by atoms with Gasteiger partial charge < -0.3 is 20.6 Å². The van der Waals surface area contributed by atoms with Crippen LogP contribution in [0, 0.1) is 0 Å². The number of aliphatic imine (C=N–C) groups is 1. The molecule has 25 heavy (non-hydrogen) atoms. The molecule has 0 saturated heterocycles. The summed E-state index contributed by atoms with van der Waals surface area (Å²) in [5, 5.41) is 16.8. The van der Waals surface area contributed by atoms with E-state index in [0.717, 1.165) is 37.6 Å². The number of aliphatic hydroxyl groups excluding tert-OH is 1. The Bertz CT molecular complexity index is 470. The molecule has 0 saturated carbocycles. The third-order valence-electron chi connectivity index (χ3n) is 4.30. The second-order valence-corrected chi connectivity index (χ2v) is 6.14. The summed E-state index contributed by atoms with van der Waals surface area (Å²) in [6, 6.07) is 10.3. The zero-order valence-electron chi connectivity index (χ0n) is 16.0. The van der Waals surface area contributed by atoms with E-state index in [1.807, 2.05) is 30.3 Å². The van der Waals surface area contributed by atoms with Crippen molar-refractivity contribution >= 4 is 29.9 Å². The van der Waals surface area contributed by atoms with Gasteiger partial charge in [-0.3, -0.25) is 4.99 Å². The maximum Gasteiger partial charge on any atom is 0.191 e. The molecule has 3 N–H and O–H groups in total. The van der Waals surface area contributed by atoms with Crippen molar-refractivity contribution in [1.82, 2.24) is 15.5 Å². The number of benzene rings is 1. The summed E-state index contributed by atoms with van der Waals surface area (Å²) >= 11 is 0. The Hall–Kier alpha value is -0.860. The lowest BCUT2D eigenvalue weighted by molar-refractivity contribution is 0.170. The molecule has 0 heterocycles. The zero-order chi connectivity index (χ0) is 17.8. The summed E-state index contributed by atoms with van der Waals surface area (Å²) < 4.78 is 0. The molecular formula is C19H35IN4O. The number of rotatable bonds is 10. The quantitative estimate of drug-likeness (QED) is 0.284. The number of aliphatic hydroxyl groups is 1. The van der Waals surface area contributed by atoms with E-state index in [4.69, 9.17) is 0 Å². The van der Waals surface area contributed by atoms with Crippen LogP contribution in [0.5, 0.6) is 0 Å². The second kappa shape index (κ2) is 14.3. The smallest absolute Gasteiger partial charge is 0.191 e. The molecule has 2 unspecified atom stereocenters. The monoisotopic (exact) mass is 462 g/mol. The standard InChI is InChI=1S/C19H34N4O.HI/c1-5-16(3)23(4)15-14-22-19(20-6-2)21-13-12-18(24)17-10-8-7-9-11-17;/h7-11,16,18,24H,5-6,12-15H2,1-4H3,(H2,20,21,22);1H. The van der Waals surface area contributed by atoms with Crippen LogP contribution in [0.15, 0.2) is 35.3 Å². The molecule has 0 aliphatic carbocycles. The van der Waals surface area contributed by atoms with Crippen LogP contribution in [-0.2, 0) is 0 Å². The number of nitrogens with zero attached hydrogens (tertiary/aromatic N) is 2. The van der Waals surface area contributed by atoms with Gasteiger partial charge in [-0.2, -0.15) is 0 Å². The molecule has 2 atom stereocenters. The minimum atomic E-state index is -0.464. The van der Waals surface area contributed by atoms with E-state index in [2.05, 4.69) is 48.3 Å². The largest absolute Gasteiger partial charge is 0.388 e. The molecule has 1 aromatic carbocycles. The maximum absolute atomic E-state index is 10.2. The summed E-state index contributed by atoms with van der Waals surface area (Å²) in [5.74, 6) is 0.815. The molecule has 0 spiro atoms. The number of hydrogen-bond acceptors (Lipinski definition) is 3. The van der Waals surface area contributed by atoms with E-state index in [1.165, 1.54) is 0 Å². The topological polar surface area (TPSA) is 59.9 Å². The molecule has 0 radical (unpaired) electrons. The van der Waals surface area contributed by atoms with Gasteiger partial charge >= 0.3 is 0 Å². The van der Waals surface area contributed by atoms with Gasteiger partial charge in [0, 0.05) is 32.2 Å². The van der Waals surface area contributed by atoms with Crippen molar-refractivity contribution in [3.8, 4) is 0 Å². The van der Waals surface area contributed by atoms with E-state index in [0.29, 0.717) is 19.0 Å². The molecule has 144 valence electrons. The minimum Gasteiger partial charge on any atom is -0.388 e. The number of nitrogens with one attached hydrogen (secondary N) is 2. The Balaban J connectivity index is 0.00000576. The Morgan fingerprint density at radius 3 is 2.48 bits per heavy atom. The predicted octanol–water partition coefficient (Wildman–Crippen LogP) is 3.01. The van der Waals surface area contributed by atoms with Crippen LogP contribution in [0.25, 0.3) is 0 Å². The molecule has 0 aromatic heterocycles. The highest BCUT2D eigenvalue weighted by atomic mass is 127. The van der Waals surface area contributed by atoms with Gasteiger partial charge in [0.2, 0.25) is 0 Å². The Labute approximate surface area is 170 Å². The average molecular weight is 462 g/mol. The molecule has 0 fully saturated rings. The van der Waals surface area contributed by atoms with E-state index < -0.39 is 6.10 Å². The van der Waals surface area contributed by atoms with Gasteiger partial charge in [-0.25, -0.2) is 0 Å². The second-order valence-electron chi connectivity index (χ2n) is 6.14. The van der Waals surface area contributed by atoms with Gasteiger partial charge in [0.25, 0.3) is 0 Å². The van der Waals surface area contributed by atoms with Gasteiger partial charge in [-0.1, -0.05) is 37.3 Å². The van der Waals surface area contributed by atoms with Crippen LogP contribution >= 0.6 is 24.0 Å². The molecule has 1 rings (SSSR count). The Morgan fingerprint density at radius 2 is 1.88 bits per heavy atom. The highest BCUT2D eigenvalue weighted by molar-refractivity contribution is 14.0. The van der Waals surface area contributed by atoms with Crippen molar-refractivity contribution in [2.24, 2.45) is 4.99 Å². The predicted molar refractivity (Wildman–Crippen MR) is 118 cm³/mol. The number of guanidine groups is 1. The number of likely N-dealkylation sites (N-methyl/N-ethyl adjacent to an activating group) is 1. The van der Waals surface area contributed by atoms with Gasteiger partial charge in [-0.15, -0.1) is 24.0 Å². The number of halogens is 1. The van der Waals surface area contributed by atoms with Crippen molar-refractivity contribution in [2.75, 3.05) is 33.2 Å². The average Bonchev–Trinajstić information content (AvgIpc) is 2.61. The Morgan fingerprint density at radius 1 is 1.20 bits per heavy atom. The van der Waals surface area contributed by atoms with E-state index in [1.54, 1.807) is 0 Å². The fourth-order valence-electron chi connectivity index (χ4n) is 2.36. The molecule has 0 aliphatic rings. The summed E-state index contributed by atoms with van der Waals surface area (Å²) in [7, 11) is 2.15. The molecular weight excluding hydrogens is 427 g/mol. The maximum atomic E-state index is 10.2. The molecule has 0 amide bonds. The van der Waals surface area contributed by atoms with Crippen LogP contribution < -0.4 is 10.6 Å². The minimum absolute atomic E-state index is 0. The summed E-state index contributed by atoms with van der Waals surface area (Å²) in [6.45, 7) is 9.75. The van der Waals surface area contributed by atoms with E-state index in [9.17, 15) is 5.11 Å². The molecule has 0 bridgehead atoms. The molecule has 1 aromatic rings. The van der Waals surface area contributed by atoms with Gasteiger partial charge in [0.1, 0.15) is 0 Å². The summed E-state index contributed by atoms with van der Waals surface area (Å²) in [4.78, 5) is 6.90. The fourth-order valence-corrected chi connectivity index (χ4v) is 2.36.